The van der Waals surface area contributed by atoms with E-state index in [4.69, 9.17) is 9.47 Å². The first-order chi connectivity index (χ1) is 10.8. The predicted octanol–water partition coefficient (Wildman–Crippen LogP) is 2.33. The fraction of sp³-hybridized carbons (Fsp3) is 0.588. The molecule has 0 radical (unpaired) electrons. The second-order valence-electron chi connectivity index (χ2n) is 7.15. The number of hydrogen-bond acceptors (Lipinski definition) is 5. The van der Waals surface area contributed by atoms with Crippen LogP contribution in [0.5, 0.6) is 0 Å². The summed E-state index contributed by atoms with van der Waals surface area (Å²) in [5, 5.41) is 16.0. The maximum absolute atomic E-state index is 11.7. The van der Waals surface area contributed by atoms with Crippen molar-refractivity contribution < 1.29 is 19.4 Å². The predicted molar refractivity (Wildman–Crippen MR) is 86.2 cm³/mol. The number of benzene rings is 1. The molecule has 6 nitrogen and oxygen atoms in total. The Morgan fingerprint density at radius 3 is 3.00 bits per heavy atom. The molecule has 126 valence electrons. The number of aliphatic hydroxyl groups is 1. The van der Waals surface area contributed by atoms with E-state index in [0.29, 0.717) is 13.2 Å². The van der Waals surface area contributed by atoms with Gasteiger partial charge in [0, 0.05) is 24.2 Å². The van der Waals surface area contributed by atoms with Gasteiger partial charge in [-0.25, -0.2) is 4.79 Å². The molecule has 1 saturated heterocycles. The van der Waals surface area contributed by atoms with Crippen LogP contribution < -0.4 is 10.6 Å². The largest absolute Gasteiger partial charge is 0.444 e. The number of carbonyl (C=O) groups excluding carboxylic acids is 1. The Hall–Kier alpha value is -1.79. The van der Waals surface area contributed by atoms with Gasteiger partial charge in [0.15, 0.2) is 0 Å². The number of fused-ring (bicyclic) bond motifs is 4. The van der Waals surface area contributed by atoms with Crippen LogP contribution in [0.3, 0.4) is 0 Å². The highest BCUT2D eigenvalue weighted by molar-refractivity contribution is 5.67. The second kappa shape index (κ2) is 6.02. The highest BCUT2D eigenvalue weighted by atomic mass is 16.6. The highest BCUT2D eigenvalue weighted by Crippen LogP contribution is 2.39. The van der Waals surface area contributed by atoms with Crippen LogP contribution in [0.15, 0.2) is 18.2 Å². The number of alkyl carbamates (subject to hydrolysis) is 1. The van der Waals surface area contributed by atoms with Gasteiger partial charge in [-0.05, 0) is 38.5 Å². The molecule has 2 bridgehead atoms. The summed E-state index contributed by atoms with van der Waals surface area (Å²) in [4.78, 5) is 11.7. The topological polar surface area (TPSA) is 79.8 Å². The molecular weight excluding hydrogens is 296 g/mol. The van der Waals surface area contributed by atoms with Crippen LogP contribution >= 0.6 is 0 Å². The molecule has 1 aromatic rings. The van der Waals surface area contributed by atoms with Gasteiger partial charge < -0.3 is 25.2 Å². The van der Waals surface area contributed by atoms with E-state index in [2.05, 4.69) is 10.6 Å². The number of ether oxygens (including phenoxy) is 2. The number of nitrogens with one attached hydrogen (secondary N) is 2. The minimum atomic E-state index is -0.504. The monoisotopic (exact) mass is 320 g/mol. The lowest BCUT2D eigenvalue weighted by Gasteiger charge is -2.40. The van der Waals surface area contributed by atoms with Crippen molar-refractivity contribution in [3.05, 3.63) is 29.3 Å². The normalized spacial score (nSPS) is 26.0. The second-order valence-corrected chi connectivity index (χ2v) is 7.15. The third kappa shape index (κ3) is 3.76. The van der Waals surface area contributed by atoms with Crippen LogP contribution in [-0.2, 0) is 16.0 Å². The van der Waals surface area contributed by atoms with E-state index in [1.807, 2.05) is 39.0 Å². The van der Waals surface area contributed by atoms with Crippen molar-refractivity contribution in [2.24, 2.45) is 0 Å². The Morgan fingerprint density at radius 1 is 1.48 bits per heavy atom. The van der Waals surface area contributed by atoms with Crippen LogP contribution in [0.1, 0.15) is 44.4 Å². The Bertz CT molecular complexity index is 597. The molecule has 23 heavy (non-hydrogen) atoms. The van der Waals surface area contributed by atoms with Crippen molar-refractivity contribution in [2.45, 2.75) is 57.6 Å². The Labute approximate surface area is 136 Å². The third-order valence-electron chi connectivity index (χ3n) is 4.04. The Balaban J connectivity index is 1.66. The zero-order valence-corrected chi connectivity index (χ0v) is 13.8. The van der Waals surface area contributed by atoms with Gasteiger partial charge in [0.25, 0.3) is 0 Å². The summed E-state index contributed by atoms with van der Waals surface area (Å²) < 4.78 is 11.0. The maximum atomic E-state index is 11.7. The fourth-order valence-corrected chi connectivity index (χ4v) is 2.97. The smallest absolute Gasteiger partial charge is 0.407 e. The van der Waals surface area contributed by atoms with Crippen molar-refractivity contribution in [3.8, 4) is 0 Å². The molecule has 1 amide bonds. The summed E-state index contributed by atoms with van der Waals surface area (Å²) in [6.45, 7) is 6.26. The summed E-state index contributed by atoms with van der Waals surface area (Å²) in [6, 6.07) is 6.02. The standard InChI is InChI=1S/C17H24N2O4/c1-17(2,3)23-16(21)18-8-10-4-5-12-11(6-10)15-7-13(19-12)14(20)9-22-15/h4-6,13-15,19-20H,7-9H2,1-3H3,(H,18,21)/t13?,14-,15+/m1/s1. The van der Waals surface area contributed by atoms with Crippen molar-refractivity contribution >= 4 is 11.8 Å². The number of anilines is 1. The molecule has 3 atom stereocenters. The van der Waals surface area contributed by atoms with Gasteiger partial charge in [-0.1, -0.05) is 6.07 Å². The van der Waals surface area contributed by atoms with Crippen LogP contribution in [0, 0.1) is 0 Å². The van der Waals surface area contributed by atoms with Gasteiger partial charge in [0.1, 0.15) is 5.60 Å². The van der Waals surface area contributed by atoms with Crippen molar-refractivity contribution in [3.63, 3.8) is 0 Å². The van der Waals surface area contributed by atoms with Crippen LogP contribution in [0.4, 0.5) is 10.5 Å². The number of hydrogen-bond donors (Lipinski definition) is 3. The van der Waals surface area contributed by atoms with Crippen LogP contribution in [0.25, 0.3) is 0 Å². The Kier molecular flexibility index (Phi) is 4.21. The third-order valence-corrected chi connectivity index (χ3v) is 4.04. The van der Waals surface area contributed by atoms with Gasteiger partial charge in [0.05, 0.1) is 24.9 Å². The molecule has 0 aromatic heterocycles. The molecule has 1 unspecified atom stereocenters. The summed E-state index contributed by atoms with van der Waals surface area (Å²) in [5.74, 6) is 0. The van der Waals surface area contributed by atoms with Crippen LogP contribution in [0.2, 0.25) is 0 Å². The average Bonchev–Trinajstić information content (AvgIpc) is 2.47. The van der Waals surface area contributed by atoms with E-state index in [1.54, 1.807) is 0 Å². The molecule has 1 aromatic carbocycles. The minimum Gasteiger partial charge on any atom is -0.444 e. The lowest BCUT2D eigenvalue weighted by molar-refractivity contribution is -0.0672. The summed E-state index contributed by atoms with van der Waals surface area (Å²) >= 11 is 0. The van der Waals surface area contributed by atoms with Crippen LogP contribution in [-0.4, -0.2) is 35.6 Å². The molecule has 0 spiro atoms. The zero-order valence-electron chi connectivity index (χ0n) is 13.8. The van der Waals surface area contributed by atoms with E-state index in [-0.39, 0.29) is 12.1 Å². The molecule has 2 heterocycles. The van der Waals surface area contributed by atoms with Gasteiger partial charge >= 0.3 is 6.09 Å². The first-order valence-corrected chi connectivity index (χ1v) is 7.98. The van der Waals surface area contributed by atoms with Crippen molar-refractivity contribution in [1.82, 2.24) is 5.32 Å². The Morgan fingerprint density at radius 2 is 2.26 bits per heavy atom. The van der Waals surface area contributed by atoms with Gasteiger partial charge in [-0.3, -0.25) is 0 Å². The van der Waals surface area contributed by atoms with Crippen molar-refractivity contribution in [2.75, 3.05) is 11.9 Å². The molecule has 6 heteroatoms. The summed E-state index contributed by atoms with van der Waals surface area (Å²) in [6.07, 6.45) is -0.128. The zero-order chi connectivity index (χ0) is 16.6. The van der Waals surface area contributed by atoms with E-state index in [9.17, 15) is 9.90 Å². The van der Waals surface area contributed by atoms with E-state index in [1.165, 1.54) is 0 Å². The SMILES string of the molecule is CC(C)(C)OC(=O)NCc1ccc2c(c1)[C@@H]1CC(N2)[C@H](O)CO1. The van der Waals surface area contributed by atoms with Gasteiger partial charge in [0.2, 0.25) is 0 Å². The first-order valence-electron chi connectivity index (χ1n) is 7.98. The summed E-state index contributed by atoms with van der Waals surface area (Å²) in [5.41, 5.74) is 2.56. The van der Waals surface area contributed by atoms with E-state index < -0.39 is 17.8 Å². The highest BCUT2D eigenvalue weighted by Gasteiger charge is 2.36. The first kappa shape index (κ1) is 16.1. The molecule has 2 aliphatic heterocycles. The number of carbonyl (C=O) groups is 1. The lowest BCUT2D eigenvalue weighted by Crippen LogP contribution is -2.46. The van der Waals surface area contributed by atoms with Gasteiger partial charge in [-0.2, -0.15) is 0 Å². The van der Waals surface area contributed by atoms with Gasteiger partial charge in [-0.15, -0.1) is 0 Å². The number of amides is 1. The fourth-order valence-electron chi connectivity index (χ4n) is 2.97. The summed E-state index contributed by atoms with van der Waals surface area (Å²) in [7, 11) is 0. The minimum absolute atomic E-state index is 0.00104. The molecule has 3 N–H and O–H groups in total. The van der Waals surface area contributed by atoms with E-state index >= 15 is 0 Å². The quantitative estimate of drug-likeness (QED) is 0.779. The lowest BCUT2D eigenvalue weighted by atomic mass is 9.89. The van der Waals surface area contributed by atoms with E-state index in [0.717, 1.165) is 23.2 Å². The molecule has 0 aliphatic carbocycles. The molecule has 2 aliphatic rings. The average molecular weight is 320 g/mol. The van der Waals surface area contributed by atoms with Crippen molar-refractivity contribution in [1.29, 1.82) is 0 Å². The maximum Gasteiger partial charge on any atom is 0.407 e. The molecule has 1 fully saturated rings. The molecule has 3 rings (SSSR count). The number of rotatable bonds is 2. The number of aliphatic hydroxyl groups excluding tert-OH is 1. The molecule has 0 saturated carbocycles. The molecular formula is C17H24N2O4.